The molecule has 4 nitrogen and oxygen atoms in total. The zero-order chi connectivity index (χ0) is 17.0. The van der Waals surface area contributed by atoms with Gasteiger partial charge in [-0.2, -0.15) is 13.2 Å². The lowest BCUT2D eigenvalue weighted by Gasteiger charge is -2.14. The number of aromatic nitrogens is 1. The van der Waals surface area contributed by atoms with Crippen molar-refractivity contribution in [2.45, 2.75) is 19.2 Å². The van der Waals surface area contributed by atoms with Gasteiger partial charge in [-0.05, 0) is 36.8 Å². The molecule has 0 saturated heterocycles. The summed E-state index contributed by atoms with van der Waals surface area (Å²) < 4.78 is 37.9. The number of halogens is 3. The maximum absolute atomic E-state index is 12.6. The number of hydrogen-bond acceptors (Lipinski definition) is 3. The van der Waals surface area contributed by atoms with Crippen molar-refractivity contribution in [3.8, 4) is 0 Å². The minimum Gasteiger partial charge on any atom is -0.387 e. The largest absolute Gasteiger partial charge is 0.416 e. The summed E-state index contributed by atoms with van der Waals surface area (Å²) >= 11 is 0. The fourth-order valence-corrected chi connectivity index (χ4v) is 1.93. The van der Waals surface area contributed by atoms with Crippen LogP contribution in [0.25, 0.3) is 0 Å². The molecule has 122 valence electrons. The van der Waals surface area contributed by atoms with Gasteiger partial charge < -0.3 is 10.4 Å². The van der Waals surface area contributed by atoms with Crippen LogP contribution in [0.2, 0.25) is 0 Å². The Hall–Kier alpha value is -2.41. The van der Waals surface area contributed by atoms with Gasteiger partial charge in [-0.1, -0.05) is 12.1 Å². The summed E-state index contributed by atoms with van der Waals surface area (Å²) in [7, 11) is 0. The van der Waals surface area contributed by atoms with Gasteiger partial charge in [0.25, 0.3) is 5.91 Å². The van der Waals surface area contributed by atoms with Crippen molar-refractivity contribution in [3.63, 3.8) is 0 Å². The van der Waals surface area contributed by atoms with Gasteiger partial charge in [-0.3, -0.25) is 9.78 Å². The van der Waals surface area contributed by atoms with Crippen LogP contribution in [-0.4, -0.2) is 22.5 Å². The normalized spacial score (nSPS) is 12.7. The van der Waals surface area contributed by atoms with Crippen LogP contribution in [0.5, 0.6) is 0 Å². The highest BCUT2D eigenvalue weighted by Crippen LogP contribution is 2.30. The molecule has 1 atom stereocenters. The van der Waals surface area contributed by atoms with Crippen molar-refractivity contribution in [1.29, 1.82) is 0 Å². The molecule has 1 unspecified atom stereocenters. The number of nitrogens with one attached hydrogen (secondary N) is 1. The van der Waals surface area contributed by atoms with E-state index in [4.69, 9.17) is 0 Å². The Kier molecular flexibility index (Phi) is 5.00. The van der Waals surface area contributed by atoms with Gasteiger partial charge in [0.15, 0.2) is 0 Å². The summed E-state index contributed by atoms with van der Waals surface area (Å²) in [6.07, 6.45) is -4.33. The van der Waals surface area contributed by atoms with Crippen molar-refractivity contribution in [1.82, 2.24) is 10.3 Å². The van der Waals surface area contributed by atoms with Crippen LogP contribution in [-0.2, 0) is 6.18 Å². The van der Waals surface area contributed by atoms with Crippen LogP contribution in [0.3, 0.4) is 0 Å². The molecule has 1 aromatic heterocycles. The Morgan fingerprint density at radius 3 is 2.65 bits per heavy atom. The van der Waals surface area contributed by atoms with E-state index in [1.165, 1.54) is 18.3 Å². The fraction of sp³-hybridized carbons (Fsp3) is 0.250. The molecular formula is C16H15F3N2O2. The highest BCUT2D eigenvalue weighted by molar-refractivity contribution is 5.93. The van der Waals surface area contributed by atoms with Crippen LogP contribution in [0.1, 0.15) is 33.3 Å². The smallest absolute Gasteiger partial charge is 0.387 e. The molecule has 0 saturated carbocycles. The number of alkyl halides is 3. The number of carbonyl (C=O) groups is 1. The van der Waals surface area contributed by atoms with E-state index in [1.54, 1.807) is 19.1 Å². The molecule has 1 aromatic carbocycles. The number of carbonyl (C=O) groups excluding carboxylic acids is 1. The van der Waals surface area contributed by atoms with E-state index in [-0.39, 0.29) is 12.1 Å². The lowest BCUT2D eigenvalue weighted by molar-refractivity contribution is -0.137. The van der Waals surface area contributed by atoms with E-state index in [1.807, 2.05) is 0 Å². The Bertz CT molecular complexity index is 684. The average Bonchev–Trinajstić information content (AvgIpc) is 2.52. The molecule has 0 spiro atoms. The first-order chi connectivity index (χ1) is 10.8. The second kappa shape index (κ2) is 6.78. The number of amides is 1. The van der Waals surface area contributed by atoms with Crippen LogP contribution >= 0.6 is 0 Å². The summed E-state index contributed by atoms with van der Waals surface area (Å²) in [5.41, 5.74) is 0.308. The first-order valence-corrected chi connectivity index (χ1v) is 6.83. The zero-order valence-electron chi connectivity index (χ0n) is 12.3. The number of benzene rings is 1. The number of nitrogens with zero attached hydrogens (tertiary/aromatic N) is 1. The van der Waals surface area contributed by atoms with Crippen LogP contribution in [0, 0.1) is 6.92 Å². The molecule has 0 aliphatic carbocycles. The van der Waals surface area contributed by atoms with Crippen molar-refractivity contribution in [3.05, 3.63) is 65.0 Å². The molecule has 1 heterocycles. The predicted molar refractivity (Wildman–Crippen MR) is 77.7 cm³/mol. The Morgan fingerprint density at radius 2 is 2.04 bits per heavy atom. The maximum atomic E-state index is 12.6. The monoisotopic (exact) mass is 324 g/mol. The third-order valence-corrected chi connectivity index (χ3v) is 3.23. The van der Waals surface area contributed by atoms with E-state index in [9.17, 15) is 23.1 Å². The molecule has 2 aromatic rings. The Labute approximate surface area is 131 Å². The maximum Gasteiger partial charge on any atom is 0.416 e. The topological polar surface area (TPSA) is 62.2 Å². The molecule has 0 aliphatic rings. The SMILES string of the molecule is Cc1ccc(C(=O)NCC(O)c2cccc(C(F)(F)F)c2)cn1. The minimum absolute atomic E-state index is 0.0853. The summed E-state index contributed by atoms with van der Waals surface area (Å²) in [5.74, 6) is -0.455. The Morgan fingerprint density at radius 1 is 1.30 bits per heavy atom. The standard InChI is InChI=1S/C16H15F3N2O2/c1-10-5-6-12(8-20-10)15(23)21-9-14(22)11-3-2-4-13(7-11)16(17,18)19/h2-8,14,22H,9H2,1H3,(H,21,23). The van der Waals surface area contributed by atoms with Crippen molar-refractivity contribution < 1.29 is 23.1 Å². The van der Waals surface area contributed by atoms with Crippen LogP contribution in [0.4, 0.5) is 13.2 Å². The molecule has 0 fully saturated rings. The molecule has 2 N–H and O–H groups in total. The molecule has 0 bridgehead atoms. The third kappa shape index (κ3) is 4.53. The van der Waals surface area contributed by atoms with E-state index in [2.05, 4.69) is 10.3 Å². The minimum atomic E-state index is -4.48. The quantitative estimate of drug-likeness (QED) is 0.909. The van der Waals surface area contributed by atoms with Gasteiger partial charge in [0.1, 0.15) is 0 Å². The van der Waals surface area contributed by atoms with Crippen molar-refractivity contribution in [2.24, 2.45) is 0 Å². The lowest BCUT2D eigenvalue weighted by atomic mass is 10.1. The number of aliphatic hydroxyl groups excluding tert-OH is 1. The van der Waals surface area contributed by atoms with Crippen molar-refractivity contribution in [2.75, 3.05) is 6.54 Å². The summed E-state index contributed by atoms with van der Waals surface area (Å²) in [5, 5.41) is 12.4. The van der Waals surface area contributed by atoms with Crippen LogP contribution in [0.15, 0.2) is 42.6 Å². The Balaban J connectivity index is 2.01. The molecule has 1 amide bonds. The van der Waals surface area contributed by atoms with Gasteiger partial charge in [0.05, 0.1) is 17.2 Å². The molecule has 7 heteroatoms. The van der Waals surface area contributed by atoms with Gasteiger partial charge in [-0.25, -0.2) is 0 Å². The highest BCUT2D eigenvalue weighted by atomic mass is 19.4. The van der Waals surface area contributed by atoms with E-state index in [0.717, 1.165) is 17.8 Å². The highest BCUT2D eigenvalue weighted by Gasteiger charge is 2.30. The molecule has 2 rings (SSSR count). The second-order valence-electron chi connectivity index (χ2n) is 5.04. The first-order valence-electron chi connectivity index (χ1n) is 6.83. The zero-order valence-corrected chi connectivity index (χ0v) is 12.3. The van der Waals surface area contributed by atoms with Crippen LogP contribution < -0.4 is 5.32 Å². The fourth-order valence-electron chi connectivity index (χ4n) is 1.93. The molecule has 0 aliphatic heterocycles. The van der Waals surface area contributed by atoms with E-state index < -0.39 is 23.8 Å². The number of aryl methyl sites for hydroxylation is 1. The number of rotatable bonds is 4. The molecular weight excluding hydrogens is 309 g/mol. The van der Waals surface area contributed by atoms with E-state index >= 15 is 0 Å². The average molecular weight is 324 g/mol. The number of pyridine rings is 1. The van der Waals surface area contributed by atoms with Gasteiger partial charge in [0.2, 0.25) is 0 Å². The molecule has 23 heavy (non-hydrogen) atoms. The van der Waals surface area contributed by atoms with Gasteiger partial charge >= 0.3 is 6.18 Å². The van der Waals surface area contributed by atoms with Crippen molar-refractivity contribution >= 4 is 5.91 Å². The van der Waals surface area contributed by atoms with E-state index in [0.29, 0.717) is 5.56 Å². The summed E-state index contributed by atoms with van der Waals surface area (Å²) in [6.45, 7) is 1.58. The number of aliphatic hydroxyl groups is 1. The number of hydrogen-bond donors (Lipinski definition) is 2. The second-order valence-corrected chi connectivity index (χ2v) is 5.04. The third-order valence-electron chi connectivity index (χ3n) is 3.23. The molecule has 0 radical (unpaired) electrons. The lowest BCUT2D eigenvalue weighted by Crippen LogP contribution is -2.28. The predicted octanol–water partition coefficient (Wildman–Crippen LogP) is 2.87. The summed E-state index contributed by atoms with van der Waals surface area (Å²) in [6, 6.07) is 7.62. The first kappa shape index (κ1) is 17.0. The summed E-state index contributed by atoms with van der Waals surface area (Å²) in [4.78, 5) is 15.9. The van der Waals surface area contributed by atoms with Gasteiger partial charge in [-0.15, -0.1) is 0 Å². The van der Waals surface area contributed by atoms with Gasteiger partial charge in [0, 0.05) is 18.4 Å².